The fourth-order valence-corrected chi connectivity index (χ4v) is 3.56. The van der Waals surface area contributed by atoms with Crippen molar-refractivity contribution in [3.63, 3.8) is 0 Å². The maximum Gasteiger partial charge on any atom is 0.0871 e. The Morgan fingerprint density at radius 3 is 2.08 bits per heavy atom. The number of hydrogen-bond donors (Lipinski definition) is 0. The lowest BCUT2D eigenvalue weighted by Gasteiger charge is -2.30. The molecule has 0 aromatic rings. The Morgan fingerprint density at radius 1 is 1.25 bits per heavy atom. The molecule has 3 heteroatoms. The van der Waals surface area contributed by atoms with E-state index in [1.165, 1.54) is 12.8 Å². The van der Waals surface area contributed by atoms with Crippen LogP contribution in [-0.2, 0) is 0 Å². The Kier molecular flexibility index (Phi) is 2.92. The first-order chi connectivity index (χ1) is 5.55. The fourth-order valence-electron chi connectivity index (χ4n) is 1.82. The summed E-state index contributed by atoms with van der Waals surface area (Å²) in [7, 11) is -1.29. The maximum atomic E-state index is 9.07. The van der Waals surface area contributed by atoms with E-state index in [1.807, 2.05) is 0 Å². The second kappa shape index (κ2) is 3.59. The molecule has 0 bridgehead atoms. The summed E-state index contributed by atoms with van der Waals surface area (Å²) < 4.78 is 0. The Hall–Kier alpha value is -0.333. The van der Waals surface area contributed by atoms with Gasteiger partial charge >= 0.3 is 0 Å². The number of nitriles is 1. The summed E-state index contributed by atoms with van der Waals surface area (Å²) in [6, 6.07) is 2.47. The maximum absolute atomic E-state index is 9.07. The normalized spacial score (nSPS) is 22.2. The predicted octanol–water partition coefficient (Wildman–Crippen LogP) is 1.85. The van der Waals surface area contributed by atoms with Crippen LogP contribution in [0.5, 0.6) is 0 Å². The molecule has 0 spiro atoms. The van der Waals surface area contributed by atoms with Crippen molar-refractivity contribution in [3.8, 4) is 6.07 Å². The van der Waals surface area contributed by atoms with Crippen LogP contribution in [0, 0.1) is 11.3 Å². The van der Waals surface area contributed by atoms with Gasteiger partial charge in [0.1, 0.15) is 0 Å². The first kappa shape index (κ1) is 9.75. The van der Waals surface area contributed by atoms with E-state index in [-0.39, 0.29) is 5.67 Å². The van der Waals surface area contributed by atoms with Crippen molar-refractivity contribution in [3.05, 3.63) is 0 Å². The van der Waals surface area contributed by atoms with Crippen LogP contribution in [0.4, 0.5) is 0 Å². The highest BCUT2D eigenvalue weighted by Crippen LogP contribution is 2.19. The molecule has 1 aliphatic heterocycles. The largest absolute Gasteiger partial charge is 0.291 e. The zero-order valence-corrected chi connectivity index (χ0v) is 9.30. The van der Waals surface area contributed by atoms with Crippen molar-refractivity contribution >= 4 is 8.07 Å². The lowest BCUT2D eigenvalue weighted by atomic mass is 10.4. The van der Waals surface area contributed by atoms with Crippen LogP contribution in [0.25, 0.3) is 0 Å². The van der Waals surface area contributed by atoms with Gasteiger partial charge in [-0.1, -0.05) is 19.6 Å². The number of rotatable bonds is 2. The average molecular weight is 182 g/mol. The molecule has 2 nitrogen and oxygen atoms in total. The number of nitrogens with zero attached hydrogens (tertiary/aromatic N) is 2. The van der Waals surface area contributed by atoms with Gasteiger partial charge in [-0.05, 0) is 25.9 Å². The van der Waals surface area contributed by atoms with Gasteiger partial charge in [0.05, 0.1) is 19.8 Å². The molecule has 68 valence electrons. The third kappa shape index (κ3) is 2.08. The van der Waals surface area contributed by atoms with E-state index in [1.54, 1.807) is 0 Å². The summed E-state index contributed by atoms with van der Waals surface area (Å²) in [4.78, 5) is 2.37. The highest BCUT2D eigenvalue weighted by Gasteiger charge is 2.33. The Labute approximate surface area is 76.2 Å². The van der Waals surface area contributed by atoms with Gasteiger partial charge in [0.15, 0.2) is 0 Å². The Bertz CT molecular complexity index is 184. The fraction of sp³-hybridized carbons (Fsp3) is 0.889. The smallest absolute Gasteiger partial charge is 0.0871 e. The van der Waals surface area contributed by atoms with Crippen LogP contribution in [0.3, 0.4) is 0 Å². The van der Waals surface area contributed by atoms with E-state index in [9.17, 15) is 0 Å². The van der Waals surface area contributed by atoms with Crippen molar-refractivity contribution in [2.75, 3.05) is 13.1 Å². The summed E-state index contributed by atoms with van der Waals surface area (Å²) in [6.07, 6.45) is 2.56. The molecule has 1 rings (SSSR count). The van der Waals surface area contributed by atoms with Crippen LogP contribution in [0.1, 0.15) is 12.8 Å². The summed E-state index contributed by atoms with van der Waals surface area (Å²) in [5.41, 5.74) is 0.236. The van der Waals surface area contributed by atoms with Crippen molar-refractivity contribution < 1.29 is 0 Å². The van der Waals surface area contributed by atoms with E-state index in [4.69, 9.17) is 5.26 Å². The van der Waals surface area contributed by atoms with Gasteiger partial charge in [-0.3, -0.25) is 4.90 Å². The molecule has 1 fully saturated rings. The zero-order valence-electron chi connectivity index (χ0n) is 8.30. The molecular formula is C9H18N2Si. The summed E-state index contributed by atoms with van der Waals surface area (Å²) in [5, 5.41) is 9.07. The number of hydrogen-bond acceptors (Lipinski definition) is 2. The second-order valence-corrected chi connectivity index (χ2v) is 9.92. The molecule has 1 aliphatic rings. The van der Waals surface area contributed by atoms with Crippen molar-refractivity contribution in [2.24, 2.45) is 0 Å². The summed E-state index contributed by atoms with van der Waals surface area (Å²) in [6.45, 7) is 9.11. The van der Waals surface area contributed by atoms with Gasteiger partial charge in [-0.2, -0.15) is 5.26 Å². The third-order valence-corrected chi connectivity index (χ3v) is 4.58. The Morgan fingerprint density at radius 2 is 1.75 bits per heavy atom. The van der Waals surface area contributed by atoms with Crippen molar-refractivity contribution in [2.45, 2.75) is 38.1 Å². The first-order valence-corrected chi connectivity index (χ1v) is 8.27. The average Bonchev–Trinajstić information content (AvgIpc) is 2.38. The summed E-state index contributed by atoms with van der Waals surface area (Å²) >= 11 is 0. The standard InChI is InChI=1S/C9H18N2Si/c1-12(2,3)9(8-10)11-6-4-5-7-11/h9H,4-7H2,1-3H3. The molecule has 1 atom stereocenters. The van der Waals surface area contributed by atoms with Crippen LogP contribution >= 0.6 is 0 Å². The zero-order chi connectivity index (χ0) is 9.19. The van der Waals surface area contributed by atoms with Gasteiger partial charge in [0.25, 0.3) is 0 Å². The summed E-state index contributed by atoms with van der Waals surface area (Å²) in [5.74, 6) is 0. The monoisotopic (exact) mass is 182 g/mol. The van der Waals surface area contributed by atoms with Gasteiger partial charge in [-0.15, -0.1) is 0 Å². The van der Waals surface area contributed by atoms with Crippen molar-refractivity contribution in [1.82, 2.24) is 4.90 Å². The van der Waals surface area contributed by atoms with E-state index < -0.39 is 8.07 Å². The Balaban J connectivity index is 2.63. The molecule has 0 N–H and O–H groups in total. The molecule has 1 heterocycles. The topological polar surface area (TPSA) is 27.0 Å². The van der Waals surface area contributed by atoms with Gasteiger partial charge in [0, 0.05) is 0 Å². The van der Waals surface area contributed by atoms with Crippen LogP contribution < -0.4 is 0 Å². The highest BCUT2D eigenvalue weighted by molar-refractivity contribution is 6.78. The molecule has 0 aromatic heterocycles. The van der Waals surface area contributed by atoms with E-state index in [0.717, 1.165) is 13.1 Å². The quantitative estimate of drug-likeness (QED) is 0.609. The van der Waals surface area contributed by atoms with E-state index >= 15 is 0 Å². The minimum atomic E-state index is -1.29. The molecule has 1 unspecified atom stereocenters. The molecule has 0 saturated carbocycles. The van der Waals surface area contributed by atoms with Crippen LogP contribution in [0.15, 0.2) is 0 Å². The second-order valence-electron chi connectivity index (χ2n) is 4.64. The third-order valence-electron chi connectivity index (χ3n) is 2.45. The highest BCUT2D eigenvalue weighted by atomic mass is 28.3. The minimum absolute atomic E-state index is 0.236. The predicted molar refractivity (Wildman–Crippen MR) is 53.6 cm³/mol. The molecule has 0 radical (unpaired) electrons. The first-order valence-electron chi connectivity index (χ1n) is 4.69. The molecule has 0 amide bonds. The minimum Gasteiger partial charge on any atom is -0.291 e. The molecule has 1 saturated heterocycles. The van der Waals surface area contributed by atoms with E-state index in [2.05, 4.69) is 30.6 Å². The van der Waals surface area contributed by atoms with Gasteiger partial charge in [0.2, 0.25) is 0 Å². The van der Waals surface area contributed by atoms with Crippen LogP contribution in [0.2, 0.25) is 19.6 Å². The van der Waals surface area contributed by atoms with Gasteiger partial charge < -0.3 is 0 Å². The van der Waals surface area contributed by atoms with E-state index in [0.29, 0.717) is 0 Å². The SMILES string of the molecule is C[Si](C)(C)C(C#N)N1CCCC1. The molecule has 12 heavy (non-hydrogen) atoms. The molecule has 0 aliphatic carbocycles. The van der Waals surface area contributed by atoms with Crippen molar-refractivity contribution in [1.29, 1.82) is 5.26 Å². The molecule has 0 aromatic carbocycles. The lowest BCUT2D eigenvalue weighted by molar-refractivity contribution is 0.343. The van der Waals surface area contributed by atoms with Crippen LogP contribution in [-0.4, -0.2) is 31.7 Å². The number of likely N-dealkylation sites (tertiary alicyclic amines) is 1. The molecular weight excluding hydrogens is 164 g/mol. The van der Waals surface area contributed by atoms with Gasteiger partial charge in [-0.25, -0.2) is 0 Å². The lowest BCUT2D eigenvalue weighted by Crippen LogP contribution is -2.49.